The molecule has 0 saturated carbocycles. The monoisotopic (exact) mass is 767 g/mol. The van der Waals surface area contributed by atoms with Crippen LogP contribution < -0.4 is 15.6 Å². The Balaban J connectivity index is 1.28. The zero-order valence-electron chi connectivity index (χ0n) is 27.9. The van der Waals surface area contributed by atoms with Gasteiger partial charge in [-0.2, -0.15) is 11.8 Å². The first-order chi connectivity index (χ1) is 24.9. The topological polar surface area (TPSA) is 92.2 Å². The molecule has 0 bridgehead atoms. The average molecular weight is 769 g/mol. The minimum absolute atomic E-state index is 0.0582. The summed E-state index contributed by atoms with van der Waals surface area (Å²) in [6.45, 7) is 0.975. The summed E-state index contributed by atoms with van der Waals surface area (Å²) < 4.78 is 26.7. The number of aliphatic hydroxyl groups excluding tert-OH is 1. The van der Waals surface area contributed by atoms with Crippen LogP contribution in [0, 0.1) is 5.82 Å². The third kappa shape index (κ3) is 9.45. The van der Waals surface area contributed by atoms with Gasteiger partial charge in [0.25, 0.3) is 5.91 Å². The third-order valence-corrected chi connectivity index (χ3v) is 10.1. The summed E-state index contributed by atoms with van der Waals surface area (Å²) in [5.74, 6) is 1.91. The number of hydrogen-bond acceptors (Lipinski definition) is 7. The van der Waals surface area contributed by atoms with Gasteiger partial charge >= 0.3 is 0 Å². The molecule has 10 heteroatoms. The second-order valence-corrected chi connectivity index (χ2v) is 14.2. The standard InChI is InChI=1S/C41H39BrFN3O4S/c42-35-17-7-29(8-18-35)27-41(40(48)46-44-23-26-51-28-30-9-19-36(43)20-10-30)38(33-13-11-32(12-14-33)31-5-2-1-3-6-31)50-39(45-41)34-15-21-37(22-16-34)49-25-4-24-47/h1-3,5-22,38,44,47H,4,23-28H2,(H,46,48)/t38-,41-/m0/s1. The lowest BCUT2D eigenvalue weighted by molar-refractivity contribution is -0.130. The number of thioether (sulfide) groups is 1. The molecular weight excluding hydrogens is 729 g/mol. The second-order valence-electron chi connectivity index (χ2n) is 12.1. The highest BCUT2D eigenvalue weighted by Crippen LogP contribution is 2.43. The van der Waals surface area contributed by atoms with Gasteiger partial charge in [-0.1, -0.05) is 94.8 Å². The molecular formula is C41H39BrFN3O4S. The molecule has 0 aliphatic carbocycles. The van der Waals surface area contributed by atoms with Crippen LogP contribution in [-0.4, -0.2) is 48.0 Å². The Kier molecular flexibility index (Phi) is 12.6. The number of carbonyl (C=O) groups excluding carboxylic acids is 1. The maximum Gasteiger partial charge on any atom is 0.266 e. The number of hydrazine groups is 1. The van der Waals surface area contributed by atoms with Crippen LogP contribution in [0.2, 0.25) is 0 Å². The number of nitrogens with zero attached hydrogens (tertiary/aromatic N) is 1. The molecule has 262 valence electrons. The lowest BCUT2D eigenvalue weighted by Crippen LogP contribution is -2.54. The molecule has 0 spiro atoms. The summed E-state index contributed by atoms with van der Waals surface area (Å²) in [7, 11) is 0. The zero-order chi connectivity index (χ0) is 35.5. The molecule has 5 aromatic rings. The predicted octanol–water partition coefficient (Wildman–Crippen LogP) is 8.07. The molecule has 51 heavy (non-hydrogen) atoms. The minimum Gasteiger partial charge on any atom is -0.494 e. The van der Waals surface area contributed by atoms with Gasteiger partial charge in [-0.15, -0.1) is 0 Å². The molecule has 7 nitrogen and oxygen atoms in total. The van der Waals surface area contributed by atoms with Crippen LogP contribution in [0.1, 0.15) is 34.8 Å². The van der Waals surface area contributed by atoms with Crippen LogP contribution in [0.25, 0.3) is 11.1 Å². The molecule has 0 saturated heterocycles. The molecule has 1 heterocycles. The van der Waals surface area contributed by atoms with E-state index >= 15 is 0 Å². The molecule has 0 fully saturated rings. The Hall–Kier alpha value is -4.48. The molecule has 5 aromatic carbocycles. The van der Waals surface area contributed by atoms with Gasteiger partial charge in [0.05, 0.1) is 6.61 Å². The molecule has 0 unspecified atom stereocenters. The van der Waals surface area contributed by atoms with Gasteiger partial charge in [0.1, 0.15) is 11.6 Å². The molecule has 1 aliphatic heterocycles. The Morgan fingerprint density at radius 2 is 1.53 bits per heavy atom. The van der Waals surface area contributed by atoms with E-state index < -0.39 is 11.6 Å². The Bertz CT molecular complexity index is 1890. The predicted molar refractivity (Wildman–Crippen MR) is 205 cm³/mol. The van der Waals surface area contributed by atoms with Gasteiger partial charge in [0, 0.05) is 47.5 Å². The number of aliphatic hydroxyl groups is 1. The molecule has 6 rings (SSSR count). The van der Waals surface area contributed by atoms with Crippen molar-refractivity contribution >= 4 is 39.5 Å². The van der Waals surface area contributed by atoms with Crippen LogP contribution >= 0.6 is 27.7 Å². The van der Waals surface area contributed by atoms with E-state index in [9.17, 15) is 9.18 Å². The number of nitrogens with one attached hydrogen (secondary N) is 2. The van der Waals surface area contributed by atoms with Crippen LogP contribution in [0.15, 0.2) is 137 Å². The van der Waals surface area contributed by atoms with Crippen molar-refractivity contribution in [1.82, 2.24) is 10.9 Å². The molecule has 0 aromatic heterocycles. The fourth-order valence-electron chi connectivity index (χ4n) is 5.82. The van der Waals surface area contributed by atoms with Crippen molar-refractivity contribution < 1.29 is 23.8 Å². The number of halogens is 2. The van der Waals surface area contributed by atoms with E-state index in [1.807, 2.05) is 91.0 Å². The first-order valence-corrected chi connectivity index (χ1v) is 18.7. The SMILES string of the molecule is O=C(NNCCSCc1ccc(F)cc1)[C@@]1(Cc2ccc(Br)cc2)N=C(c2ccc(OCCCO)cc2)O[C@H]1c1ccc(-c2ccccc2)cc1. The Labute approximate surface area is 310 Å². The number of rotatable bonds is 16. The quantitative estimate of drug-likeness (QED) is 0.0695. The van der Waals surface area contributed by atoms with Gasteiger partial charge in [-0.25, -0.2) is 14.8 Å². The van der Waals surface area contributed by atoms with Crippen molar-refractivity contribution in [2.75, 3.05) is 25.5 Å². The summed E-state index contributed by atoms with van der Waals surface area (Å²) in [5, 5.41) is 9.12. The number of amides is 1. The molecule has 0 radical (unpaired) electrons. The van der Waals surface area contributed by atoms with Gasteiger partial charge < -0.3 is 14.6 Å². The van der Waals surface area contributed by atoms with Crippen molar-refractivity contribution in [2.24, 2.45) is 4.99 Å². The van der Waals surface area contributed by atoms with E-state index in [1.165, 1.54) is 12.1 Å². The van der Waals surface area contributed by atoms with E-state index in [4.69, 9.17) is 19.6 Å². The number of ether oxygens (including phenoxy) is 2. The van der Waals surface area contributed by atoms with E-state index in [0.29, 0.717) is 36.8 Å². The Morgan fingerprint density at radius 3 is 2.24 bits per heavy atom. The van der Waals surface area contributed by atoms with Crippen molar-refractivity contribution in [3.05, 3.63) is 160 Å². The summed E-state index contributed by atoms with van der Waals surface area (Å²) in [4.78, 5) is 19.7. The number of benzene rings is 5. The van der Waals surface area contributed by atoms with Crippen molar-refractivity contribution in [3.8, 4) is 16.9 Å². The first-order valence-electron chi connectivity index (χ1n) is 16.8. The lowest BCUT2D eigenvalue weighted by atomic mass is 9.82. The summed E-state index contributed by atoms with van der Waals surface area (Å²) in [6.07, 6.45) is 0.0808. The molecule has 2 atom stereocenters. The zero-order valence-corrected chi connectivity index (χ0v) is 30.3. The summed E-state index contributed by atoms with van der Waals surface area (Å²) in [6, 6.07) is 40.0. The molecule has 1 aliphatic rings. The minimum atomic E-state index is -1.36. The summed E-state index contributed by atoms with van der Waals surface area (Å²) in [5.41, 5.74) is 10.4. The maximum atomic E-state index is 14.5. The van der Waals surface area contributed by atoms with Crippen LogP contribution in [-0.2, 0) is 21.7 Å². The number of aliphatic imine (C=N–C) groups is 1. The second kappa shape index (κ2) is 17.6. The number of hydrogen-bond donors (Lipinski definition) is 3. The van der Waals surface area contributed by atoms with E-state index in [-0.39, 0.29) is 24.8 Å². The first kappa shape index (κ1) is 36.3. The number of carbonyl (C=O) groups is 1. The average Bonchev–Trinajstić information content (AvgIpc) is 3.55. The lowest BCUT2D eigenvalue weighted by Gasteiger charge is -2.31. The highest BCUT2D eigenvalue weighted by Gasteiger charge is 2.53. The molecule has 1 amide bonds. The maximum absolute atomic E-state index is 14.5. The van der Waals surface area contributed by atoms with Crippen LogP contribution in [0.5, 0.6) is 5.75 Å². The normalized spacial score (nSPS) is 16.7. The fraction of sp³-hybridized carbons (Fsp3) is 0.220. The van der Waals surface area contributed by atoms with Gasteiger partial charge in [-0.3, -0.25) is 10.2 Å². The van der Waals surface area contributed by atoms with E-state index in [0.717, 1.165) is 43.8 Å². The summed E-state index contributed by atoms with van der Waals surface area (Å²) >= 11 is 5.22. The van der Waals surface area contributed by atoms with Crippen molar-refractivity contribution in [3.63, 3.8) is 0 Å². The van der Waals surface area contributed by atoms with Crippen molar-refractivity contribution in [1.29, 1.82) is 0 Å². The van der Waals surface area contributed by atoms with Gasteiger partial charge in [0.15, 0.2) is 11.6 Å². The highest BCUT2D eigenvalue weighted by molar-refractivity contribution is 9.10. The van der Waals surface area contributed by atoms with Crippen LogP contribution in [0.4, 0.5) is 4.39 Å². The van der Waals surface area contributed by atoms with Gasteiger partial charge in [-0.05, 0) is 76.3 Å². The highest BCUT2D eigenvalue weighted by atomic mass is 79.9. The van der Waals surface area contributed by atoms with E-state index in [1.54, 1.807) is 23.9 Å². The van der Waals surface area contributed by atoms with Gasteiger partial charge in [0.2, 0.25) is 5.90 Å². The van der Waals surface area contributed by atoms with E-state index in [2.05, 4.69) is 38.9 Å². The molecule has 3 N–H and O–H groups in total. The largest absolute Gasteiger partial charge is 0.494 e. The van der Waals surface area contributed by atoms with Crippen LogP contribution in [0.3, 0.4) is 0 Å². The fourth-order valence-corrected chi connectivity index (χ4v) is 6.90. The Morgan fingerprint density at radius 1 is 0.863 bits per heavy atom. The third-order valence-electron chi connectivity index (χ3n) is 8.49. The smallest absolute Gasteiger partial charge is 0.266 e. The van der Waals surface area contributed by atoms with Crippen molar-refractivity contribution in [2.45, 2.75) is 30.2 Å².